The molecule has 1 saturated heterocycles. The second kappa shape index (κ2) is 13.0. The third-order valence-electron chi connectivity index (χ3n) is 6.16. The first-order chi connectivity index (χ1) is 19.0. The van der Waals surface area contributed by atoms with Crippen molar-refractivity contribution in [2.24, 2.45) is 0 Å². The van der Waals surface area contributed by atoms with Crippen molar-refractivity contribution < 1.29 is 18.7 Å². The van der Waals surface area contributed by atoms with Crippen molar-refractivity contribution in [2.75, 3.05) is 42.1 Å². The largest absolute Gasteiger partial charge is 0.442 e. The zero-order valence-corrected chi connectivity index (χ0v) is 22.1. The third-order valence-corrected chi connectivity index (χ3v) is 6.16. The van der Waals surface area contributed by atoms with Crippen molar-refractivity contribution in [3.63, 3.8) is 0 Å². The van der Waals surface area contributed by atoms with E-state index in [4.69, 9.17) is 10.5 Å². The van der Waals surface area contributed by atoms with Gasteiger partial charge in [0.05, 0.1) is 11.9 Å². The minimum Gasteiger partial charge on any atom is -0.442 e. The molecule has 0 saturated carbocycles. The van der Waals surface area contributed by atoms with Gasteiger partial charge < -0.3 is 26.0 Å². The minimum absolute atomic E-state index is 0. The number of amides is 1. The van der Waals surface area contributed by atoms with Gasteiger partial charge in [-0.1, -0.05) is 30.3 Å². The number of benzene rings is 2. The van der Waals surface area contributed by atoms with Crippen molar-refractivity contribution in [2.45, 2.75) is 6.10 Å². The van der Waals surface area contributed by atoms with Crippen molar-refractivity contribution in [3.05, 3.63) is 96.2 Å². The lowest BCUT2D eigenvalue weighted by molar-refractivity contribution is -0.125. The maximum atomic E-state index is 13.3. The van der Waals surface area contributed by atoms with Gasteiger partial charge in [0.2, 0.25) is 6.10 Å². The first-order valence-electron chi connectivity index (χ1n) is 12.3. The van der Waals surface area contributed by atoms with Gasteiger partial charge in [0.1, 0.15) is 11.6 Å². The van der Waals surface area contributed by atoms with E-state index in [1.54, 1.807) is 36.5 Å². The van der Waals surface area contributed by atoms with E-state index >= 15 is 0 Å². The van der Waals surface area contributed by atoms with Crippen molar-refractivity contribution in [1.29, 1.82) is 0 Å². The van der Waals surface area contributed by atoms with Gasteiger partial charge in [0.25, 0.3) is 5.91 Å². The molecular formula is C28H27ClFN7O3. The van der Waals surface area contributed by atoms with Crippen LogP contribution in [0.5, 0.6) is 0 Å². The molecule has 1 amide bonds. The highest BCUT2D eigenvalue weighted by Crippen LogP contribution is 2.25. The number of nitrogens with zero attached hydrogens (tertiary/aromatic N) is 4. The van der Waals surface area contributed by atoms with E-state index in [9.17, 15) is 14.0 Å². The molecule has 4 aromatic rings. The number of anilines is 3. The molecule has 40 heavy (non-hydrogen) atoms. The summed E-state index contributed by atoms with van der Waals surface area (Å²) in [6, 6.07) is 17.5. The average Bonchev–Trinajstić information content (AvgIpc) is 2.98. The zero-order chi connectivity index (χ0) is 27.2. The molecule has 2 aromatic heterocycles. The molecule has 2 aromatic carbocycles. The molecule has 206 valence electrons. The first-order valence-corrected chi connectivity index (χ1v) is 12.3. The molecule has 0 bridgehead atoms. The quantitative estimate of drug-likeness (QED) is 0.288. The van der Waals surface area contributed by atoms with Gasteiger partial charge in [-0.25, -0.2) is 24.1 Å². The molecule has 12 heteroatoms. The summed E-state index contributed by atoms with van der Waals surface area (Å²) < 4.78 is 18.9. The number of hydrogen-bond donors (Lipinski definition) is 3. The van der Waals surface area contributed by atoms with Gasteiger partial charge in [-0.05, 0) is 36.4 Å². The van der Waals surface area contributed by atoms with E-state index in [0.717, 1.165) is 32.0 Å². The molecule has 1 atom stereocenters. The van der Waals surface area contributed by atoms with Crippen LogP contribution < -0.4 is 21.3 Å². The lowest BCUT2D eigenvalue weighted by Gasteiger charge is -2.28. The predicted octanol–water partition coefficient (Wildman–Crippen LogP) is 3.63. The molecule has 3 heterocycles. The second-order valence-corrected chi connectivity index (χ2v) is 8.82. The number of nitrogens with two attached hydrogens (primary N) is 1. The maximum Gasteiger partial charge on any atom is 0.361 e. The fourth-order valence-corrected chi connectivity index (χ4v) is 4.11. The summed E-state index contributed by atoms with van der Waals surface area (Å²) in [4.78, 5) is 41.6. The SMILES string of the molecule is Cl.Nc1ncc(-c2ccc(N3CCNCC3)nc2)nc1C(=O)O[C@@H](C(=O)Nc1ccc(F)cc1)c1ccccc1. The Morgan fingerprint density at radius 2 is 1.70 bits per heavy atom. The van der Waals surface area contributed by atoms with E-state index in [2.05, 4.69) is 30.5 Å². The summed E-state index contributed by atoms with van der Waals surface area (Å²) in [6.45, 7) is 3.51. The van der Waals surface area contributed by atoms with E-state index in [1.807, 2.05) is 12.1 Å². The number of aromatic nitrogens is 3. The van der Waals surface area contributed by atoms with E-state index < -0.39 is 23.8 Å². The van der Waals surface area contributed by atoms with E-state index in [-0.39, 0.29) is 23.9 Å². The van der Waals surface area contributed by atoms with Crippen LogP contribution in [-0.2, 0) is 9.53 Å². The summed E-state index contributed by atoms with van der Waals surface area (Å²) in [5.74, 6) is -1.28. The van der Waals surface area contributed by atoms with Gasteiger partial charge in [-0.15, -0.1) is 12.4 Å². The van der Waals surface area contributed by atoms with Crippen LogP contribution in [0.15, 0.2) is 79.1 Å². The topological polar surface area (TPSA) is 135 Å². The summed E-state index contributed by atoms with van der Waals surface area (Å²) in [5.41, 5.74) is 7.55. The van der Waals surface area contributed by atoms with Crippen molar-refractivity contribution in [1.82, 2.24) is 20.3 Å². The number of carbonyl (C=O) groups is 2. The number of piperazine rings is 1. The Labute approximate surface area is 236 Å². The normalized spacial score (nSPS) is 13.6. The number of esters is 1. The van der Waals surface area contributed by atoms with Gasteiger partial charge in [-0.3, -0.25) is 4.79 Å². The fourth-order valence-electron chi connectivity index (χ4n) is 4.11. The number of nitrogens with one attached hydrogen (secondary N) is 2. The lowest BCUT2D eigenvalue weighted by atomic mass is 10.1. The molecule has 1 fully saturated rings. The van der Waals surface area contributed by atoms with Gasteiger partial charge >= 0.3 is 5.97 Å². The van der Waals surface area contributed by atoms with Crippen LogP contribution in [0, 0.1) is 5.82 Å². The number of carbonyl (C=O) groups excluding carboxylic acids is 2. The van der Waals surface area contributed by atoms with Crippen LogP contribution in [0.25, 0.3) is 11.3 Å². The number of halogens is 2. The molecule has 5 rings (SSSR count). The number of rotatable bonds is 7. The molecule has 1 aliphatic heterocycles. The van der Waals surface area contributed by atoms with Crippen LogP contribution in [0.2, 0.25) is 0 Å². The smallest absolute Gasteiger partial charge is 0.361 e. The highest BCUT2D eigenvalue weighted by Gasteiger charge is 2.28. The summed E-state index contributed by atoms with van der Waals surface area (Å²) >= 11 is 0. The molecule has 0 spiro atoms. The Morgan fingerprint density at radius 1 is 0.975 bits per heavy atom. The fraction of sp³-hybridized carbons (Fsp3) is 0.179. The zero-order valence-electron chi connectivity index (χ0n) is 21.3. The number of nitrogen functional groups attached to an aromatic ring is 1. The molecule has 0 aliphatic carbocycles. The van der Waals surface area contributed by atoms with Crippen LogP contribution in [0.1, 0.15) is 22.2 Å². The molecule has 0 radical (unpaired) electrons. The van der Waals surface area contributed by atoms with Crippen LogP contribution in [0.3, 0.4) is 0 Å². The number of hydrogen-bond acceptors (Lipinski definition) is 9. The Bertz CT molecular complexity index is 1450. The maximum absolute atomic E-state index is 13.3. The van der Waals surface area contributed by atoms with E-state index in [1.165, 1.54) is 30.5 Å². The first kappa shape index (κ1) is 28.4. The molecule has 10 nitrogen and oxygen atoms in total. The van der Waals surface area contributed by atoms with Crippen molar-refractivity contribution >= 4 is 41.6 Å². The van der Waals surface area contributed by atoms with Gasteiger partial charge in [0, 0.05) is 49.2 Å². The summed E-state index contributed by atoms with van der Waals surface area (Å²) in [7, 11) is 0. The summed E-state index contributed by atoms with van der Waals surface area (Å²) in [6.07, 6.45) is 1.78. The Hall–Kier alpha value is -4.61. The lowest BCUT2D eigenvalue weighted by Crippen LogP contribution is -2.43. The van der Waals surface area contributed by atoms with Crippen LogP contribution >= 0.6 is 12.4 Å². The summed E-state index contributed by atoms with van der Waals surface area (Å²) in [5, 5.41) is 5.95. The molecular weight excluding hydrogens is 537 g/mol. The van der Waals surface area contributed by atoms with Gasteiger partial charge in [-0.2, -0.15) is 0 Å². The molecule has 4 N–H and O–H groups in total. The Kier molecular flexibility index (Phi) is 9.20. The standard InChI is InChI=1S/C28H26FN7O3.ClH/c29-20-7-9-21(10-8-20)34-27(37)25(18-4-2-1-3-5-18)39-28(38)24-26(30)33-17-22(35-24)19-6-11-23(32-16-19)36-14-12-31-13-15-36;/h1-11,16-17,25,31H,12-15H2,(H2,30,33)(H,34,37);1H/t25-;/m1./s1. The number of ether oxygens (including phenoxy) is 1. The Morgan fingerprint density at radius 3 is 2.38 bits per heavy atom. The third kappa shape index (κ3) is 6.68. The second-order valence-electron chi connectivity index (χ2n) is 8.82. The van der Waals surface area contributed by atoms with E-state index in [0.29, 0.717) is 22.5 Å². The molecule has 1 aliphatic rings. The van der Waals surface area contributed by atoms with Crippen LogP contribution in [-0.4, -0.2) is 53.0 Å². The Balaban J connectivity index is 0.00000370. The highest BCUT2D eigenvalue weighted by molar-refractivity contribution is 5.99. The van der Waals surface area contributed by atoms with Crippen molar-refractivity contribution in [3.8, 4) is 11.3 Å². The monoisotopic (exact) mass is 563 g/mol. The van der Waals surface area contributed by atoms with Gasteiger partial charge in [0.15, 0.2) is 11.5 Å². The predicted molar refractivity (Wildman–Crippen MR) is 152 cm³/mol. The molecule has 0 unspecified atom stereocenters. The number of pyridine rings is 1. The highest BCUT2D eigenvalue weighted by atomic mass is 35.5. The average molecular weight is 564 g/mol. The minimum atomic E-state index is -1.33. The van der Waals surface area contributed by atoms with Crippen LogP contribution in [0.4, 0.5) is 21.7 Å².